The number of nitrogens with zero attached hydrogens (tertiary/aromatic N) is 3. The summed E-state index contributed by atoms with van der Waals surface area (Å²) in [7, 11) is 1.68. The molecule has 2 saturated heterocycles. The quantitative estimate of drug-likeness (QED) is 0.810. The highest BCUT2D eigenvalue weighted by Gasteiger charge is 2.39. The molecule has 1 unspecified atom stereocenters. The van der Waals surface area contributed by atoms with E-state index in [1.54, 1.807) is 7.11 Å². The molecule has 0 aromatic carbocycles. The molecule has 1 aromatic rings. The molecule has 2 aliphatic heterocycles. The average Bonchev–Trinajstić information content (AvgIpc) is 3.06. The van der Waals surface area contributed by atoms with Gasteiger partial charge in [0.1, 0.15) is 0 Å². The zero-order valence-electron chi connectivity index (χ0n) is 12.1. The minimum Gasteiger partial charge on any atom is -0.384 e. The Bertz CT molecular complexity index is 429. The van der Waals surface area contributed by atoms with Gasteiger partial charge in [0, 0.05) is 32.1 Å². The number of hydrogen-bond acceptors (Lipinski definition) is 6. The number of hydrogen-bond donors (Lipinski definition) is 0. The number of rotatable bonds is 5. The Morgan fingerprint density at radius 1 is 1.40 bits per heavy atom. The predicted octanol–water partition coefficient (Wildman–Crippen LogP) is 1.26. The smallest absolute Gasteiger partial charge is 0.240 e. The van der Waals surface area contributed by atoms with Crippen molar-refractivity contribution in [2.24, 2.45) is 5.41 Å². The first kappa shape index (κ1) is 14.0. The van der Waals surface area contributed by atoms with Gasteiger partial charge < -0.3 is 14.0 Å². The van der Waals surface area contributed by atoms with Crippen molar-refractivity contribution in [3.05, 3.63) is 11.7 Å². The Kier molecular flexibility index (Phi) is 4.33. The lowest BCUT2D eigenvalue weighted by atomic mass is 9.82. The highest BCUT2D eigenvalue weighted by molar-refractivity contribution is 4.94. The van der Waals surface area contributed by atoms with Gasteiger partial charge in [-0.25, -0.2) is 0 Å². The van der Waals surface area contributed by atoms with E-state index in [2.05, 4.69) is 15.0 Å². The number of aromatic nitrogens is 2. The molecule has 6 heteroatoms. The highest BCUT2D eigenvalue weighted by atomic mass is 16.5. The molecule has 0 radical (unpaired) electrons. The van der Waals surface area contributed by atoms with E-state index in [0.29, 0.717) is 24.3 Å². The van der Waals surface area contributed by atoms with Crippen LogP contribution in [0.1, 0.15) is 31.0 Å². The Hall–Kier alpha value is -0.980. The van der Waals surface area contributed by atoms with E-state index in [-0.39, 0.29) is 0 Å². The molecule has 2 aliphatic rings. The molecule has 0 aliphatic carbocycles. The van der Waals surface area contributed by atoms with Crippen LogP contribution in [0.3, 0.4) is 0 Å². The van der Waals surface area contributed by atoms with E-state index in [1.807, 2.05) is 0 Å². The number of methoxy groups -OCH3 is 1. The second kappa shape index (κ2) is 6.20. The molecular formula is C14H23N3O3. The van der Waals surface area contributed by atoms with Gasteiger partial charge >= 0.3 is 0 Å². The van der Waals surface area contributed by atoms with E-state index < -0.39 is 0 Å². The molecule has 1 atom stereocenters. The van der Waals surface area contributed by atoms with Gasteiger partial charge in [0.15, 0.2) is 5.82 Å². The van der Waals surface area contributed by atoms with E-state index >= 15 is 0 Å². The molecule has 6 nitrogen and oxygen atoms in total. The van der Waals surface area contributed by atoms with Crippen molar-refractivity contribution in [2.45, 2.75) is 32.2 Å². The fourth-order valence-electron chi connectivity index (χ4n) is 3.24. The van der Waals surface area contributed by atoms with Crippen molar-refractivity contribution in [1.82, 2.24) is 15.0 Å². The van der Waals surface area contributed by atoms with E-state index in [4.69, 9.17) is 14.0 Å². The third kappa shape index (κ3) is 3.19. The third-order valence-electron chi connectivity index (χ3n) is 4.32. The summed E-state index contributed by atoms with van der Waals surface area (Å²) in [6.45, 7) is 5.40. The molecule has 112 valence electrons. The molecule has 3 rings (SSSR count). The van der Waals surface area contributed by atoms with Gasteiger partial charge in [-0.05, 0) is 25.8 Å². The largest absolute Gasteiger partial charge is 0.384 e. The molecule has 1 aromatic heterocycles. The summed E-state index contributed by atoms with van der Waals surface area (Å²) in [6, 6.07) is 0. The summed E-state index contributed by atoms with van der Waals surface area (Å²) < 4.78 is 16.0. The first-order valence-corrected chi connectivity index (χ1v) is 7.40. The fourth-order valence-corrected chi connectivity index (χ4v) is 3.24. The van der Waals surface area contributed by atoms with E-state index in [1.165, 1.54) is 19.3 Å². The number of likely N-dealkylation sites (tertiary alicyclic amines) is 1. The maximum Gasteiger partial charge on any atom is 0.240 e. The maximum atomic E-state index is 5.66. The summed E-state index contributed by atoms with van der Waals surface area (Å²) in [5.41, 5.74) is 0.372. The van der Waals surface area contributed by atoms with Crippen molar-refractivity contribution in [2.75, 3.05) is 40.0 Å². The molecule has 0 saturated carbocycles. The average molecular weight is 281 g/mol. The van der Waals surface area contributed by atoms with E-state index in [0.717, 1.165) is 38.7 Å². The normalized spacial score (nSPS) is 27.4. The second-order valence-electron chi connectivity index (χ2n) is 5.96. The zero-order valence-corrected chi connectivity index (χ0v) is 12.1. The van der Waals surface area contributed by atoms with Crippen LogP contribution < -0.4 is 0 Å². The van der Waals surface area contributed by atoms with Gasteiger partial charge in [0.05, 0.1) is 19.8 Å². The van der Waals surface area contributed by atoms with Gasteiger partial charge in [0.25, 0.3) is 0 Å². The Labute approximate surface area is 119 Å². The molecule has 20 heavy (non-hydrogen) atoms. The van der Waals surface area contributed by atoms with Gasteiger partial charge in [0.2, 0.25) is 5.89 Å². The Balaban J connectivity index is 1.52. The van der Waals surface area contributed by atoms with Crippen LogP contribution in [0, 0.1) is 5.41 Å². The van der Waals surface area contributed by atoms with Crippen molar-refractivity contribution >= 4 is 0 Å². The van der Waals surface area contributed by atoms with Crippen LogP contribution in [0.15, 0.2) is 4.52 Å². The Morgan fingerprint density at radius 2 is 2.35 bits per heavy atom. The summed E-state index contributed by atoms with van der Waals surface area (Å²) in [5.74, 6) is 1.45. The van der Waals surface area contributed by atoms with Gasteiger partial charge in [-0.1, -0.05) is 5.16 Å². The standard InChI is InChI=1S/C14H23N3O3/c1-18-8-3-12-15-13(20-16-12)9-17-6-5-14(10-17)4-2-7-19-11-14/h2-11H2,1H3. The van der Waals surface area contributed by atoms with Gasteiger partial charge in [-0.2, -0.15) is 4.98 Å². The van der Waals surface area contributed by atoms with Crippen LogP contribution in [0.4, 0.5) is 0 Å². The zero-order chi connectivity index (χ0) is 13.8. The minimum atomic E-state index is 0.372. The van der Waals surface area contributed by atoms with Gasteiger partial charge in [-0.3, -0.25) is 4.90 Å². The molecule has 3 heterocycles. The van der Waals surface area contributed by atoms with Crippen molar-refractivity contribution < 1.29 is 14.0 Å². The van der Waals surface area contributed by atoms with Crippen molar-refractivity contribution in [3.63, 3.8) is 0 Å². The number of ether oxygens (including phenoxy) is 2. The van der Waals surface area contributed by atoms with Crippen LogP contribution in [-0.4, -0.2) is 55.1 Å². The minimum absolute atomic E-state index is 0.372. The molecule has 1 spiro atoms. The first-order valence-electron chi connectivity index (χ1n) is 7.40. The first-order chi connectivity index (χ1) is 9.80. The third-order valence-corrected chi connectivity index (χ3v) is 4.32. The monoisotopic (exact) mass is 281 g/mol. The molecule has 0 N–H and O–H groups in total. The lowest BCUT2D eigenvalue weighted by Crippen LogP contribution is -2.34. The molecular weight excluding hydrogens is 258 g/mol. The maximum absolute atomic E-state index is 5.66. The molecule has 2 fully saturated rings. The highest BCUT2D eigenvalue weighted by Crippen LogP contribution is 2.38. The lowest BCUT2D eigenvalue weighted by Gasteiger charge is -2.33. The SMILES string of the molecule is COCCc1noc(CN2CCC3(CCCOC3)C2)n1. The molecule has 0 bridgehead atoms. The summed E-state index contributed by atoms with van der Waals surface area (Å²) in [6.07, 6.45) is 4.40. The topological polar surface area (TPSA) is 60.6 Å². The second-order valence-corrected chi connectivity index (χ2v) is 5.96. The summed E-state index contributed by atoms with van der Waals surface area (Å²) >= 11 is 0. The van der Waals surface area contributed by atoms with Crippen molar-refractivity contribution in [3.8, 4) is 0 Å². The summed E-state index contributed by atoms with van der Waals surface area (Å²) in [5, 5.41) is 3.98. The molecule has 0 amide bonds. The Morgan fingerprint density at radius 3 is 3.15 bits per heavy atom. The fraction of sp³-hybridized carbons (Fsp3) is 0.857. The van der Waals surface area contributed by atoms with E-state index in [9.17, 15) is 0 Å². The lowest BCUT2D eigenvalue weighted by molar-refractivity contribution is -0.00288. The van der Waals surface area contributed by atoms with Crippen LogP contribution >= 0.6 is 0 Å². The van der Waals surface area contributed by atoms with Crippen molar-refractivity contribution in [1.29, 1.82) is 0 Å². The van der Waals surface area contributed by atoms with Crippen LogP contribution in [-0.2, 0) is 22.4 Å². The van der Waals surface area contributed by atoms with Crippen LogP contribution in [0.5, 0.6) is 0 Å². The summed E-state index contributed by atoms with van der Waals surface area (Å²) in [4.78, 5) is 6.82. The van der Waals surface area contributed by atoms with Crippen LogP contribution in [0.25, 0.3) is 0 Å². The predicted molar refractivity (Wildman–Crippen MR) is 72.3 cm³/mol. The van der Waals surface area contributed by atoms with Gasteiger partial charge in [-0.15, -0.1) is 0 Å². The van der Waals surface area contributed by atoms with Crippen LogP contribution in [0.2, 0.25) is 0 Å².